The molecular formula is C21H20N4O3S2. The first-order valence-electron chi connectivity index (χ1n) is 9.53. The van der Waals surface area contributed by atoms with Crippen LogP contribution in [0, 0.1) is 0 Å². The summed E-state index contributed by atoms with van der Waals surface area (Å²) in [5.41, 5.74) is -0.404. The van der Waals surface area contributed by atoms with Gasteiger partial charge in [0.15, 0.2) is 0 Å². The highest BCUT2D eigenvalue weighted by Crippen LogP contribution is 2.20. The quantitative estimate of drug-likeness (QED) is 0.477. The monoisotopic (exact) mass is 440 g/mol. The molecule has 154 valence electrons. The van der Waals surface area contributed by atoms with Gasteiger partial charge in [0.1, 0.15) is 5.65 Å². The maximum absolute atomic E-state index is 13.3. The number of pyridine rings is 1. The molecule has 0 saturated carbocycles. The largest absolute Gasteiger partial charge is 0.329 e. The Labute approximate surface area is 180 Å². The predicted octanol–water partition coefficient (Wildman–Crippen LogP) is 3.46. The van der Waals surface area contributed by atoms with Crippen LogP contribution in [0.4, 0.5) is 0 Å². The van der Waals surface area contributed by atoms with E-state index in [9.17, 15) is 14.4 Å². The number of amides is 1. The number of aromatic amines is 1. The average Bonchev–Trinajstić information content (AvgIpc) is 3.44. The van der Waals surface area contributed by atoms with Crippen molar-refractivity contribution in [3.8, 4) is 0 Å². The number of carbonyl (C=O) groups is 1. The maximum Gasteiger partial charge on any atom is 0.329 e. The van der Waals surface area contributed by atoms with Crippen LogP contribution < -0.4 is 11.2 Å². The summed E-state index contributed by atoms with van der Waals surface area (Å²) < 4.78 is 1.43. The lowest BCUT2D eigenvalue weighted by molar-refractivity contribution is 0.0733. The number of nitrogens with zero attached hydrogens (tertiary/aromatic N) is 3. The number of thiophene rings is 2. The first-order chi connectivity index (χ1) is 14.6. The SMILES string of the molecule is CCCn1c(=O)[nH]c(=O)c2cc(C(=O)N(Cc3cccs3)Cc3cccs3)cnc21. The molecule has 0 aliphatic rings. The minimum absolute atomic E-state index is 0.209. The lowest BCUT2D eigenvalue weighted by Gasteiger charge is -2.22. The van der Waals surface area contributed by atoms with Crippen molar-refractivity contribution in [2.24, 2.45) is 0 Å². The van der Waals surface area contributed by atoms with Crippen molar-refractivity contribution < 1.29 is 4.79 Å². The molecule has 4 aromatic heterocycles. The first-order valence-corrected chi connectivity index (χ1v) is 11.3. The second kappa shape index (κ2) is 8.76. The molecule has 4 heterocycles. The van der Waals surface area contributed by atoms with E-state index in [-0.39, 0.29) is 11.3 Å². The molecule has 0 spiro atoms. The van der Waals surface area contributed by atoms with Gasteiger partial charge in [-0.3, -0.25) is 19.1 Å². The summed E-state index contributed by atoms with van der Waals surface area (Å²) in [6, 6.07) is 9.43. The highest BCUT2D eigenvalue weighted by atomic mass is 32.1. The van der Waals surface area contributed by atoms with Gasteiger partial charge in [0.25, 0.3) is 11.5 Å². The number of aryl methyl sites for hydroxylation is 1. The van der Waals surface area contributed by atoms with Gasteiger partial charge in [-0.05, 0) is 35.4 Å². The molecule has 9 heteroatoms. The van der Waals surface area contributed by atoms with Crippen molar-refractivity contribution in [3.05, 3.63) is 83.4 Å². The molecule has 0 fully saturated rings. The molecule has 7 nitrogen and oxygen atoms in total. The van der Waals surface area contributed by atoms with Crippen LogP contribution in [-0.2, 0) is 19.6 Å². The zero-order valence-corrected chi connectivity index (χ0v) is 18.0. The smallest absolute Gasteiger partial charge is 0.328 e. The van der Waals surface area contributed by atoms with Crippen molar-refractivity contribution in [2.75, 3.05) is 0 Å². The molecule has 0 aromatic carbocycles. The van der Waals surface area contributed by atoms with Gasteiger partial charge in [0.05, 0.1) is 24.0 Å². The molecule has 0 atom stereocenters. The first kappa shape index (κ1) is 20.2. The van der Waals surface area contributed by atoms with Crippen LogP contribution in [-0.4, -0.2) is 25.3 Å². The Kier molecular flexibility index (Phi) is 5.91. The summed E-state index contributed by atoms with van der Waals surface area (Å²) in [6.07, 6.45) is 2.17. The minimum atomic E-state index is -0.535. The highest BCUT2D eigenvalue weighted by Gasteiger charge is 2.20. The Hall–Kier alpha value is -3.04. The maximum atomic E-state index is 13.3. The summed E-state index contributed by atoms with van der Waals surface area (Å²) >= 11 is 3.18. The van der Waals surface area contributed by atoms with Crippen molar-refractivity contribution in [3.63, 3.8) is 0 Å². The highest BCUT2D eigenvalue weighted by molar-refractivity contribution is 7.10. The zero-order valence-electron chi connectivity index (χ0n) is 16.3. The molecule has 0 aliphatic heterocycles. The number of fused-ring (bicyclic) bond motifs is 1. The molecule has 0 saturated heterocycles. The fourth-order valence-corrected chi connectivity index (χ4v) is 4.72. The molecule has 0 radical (unpaired) electrons. The van der Waals surface area contributed by atoms with Crippen molar-refractivity contribution in [2.45, 2.75) is 33.0 Å². The van der Waals surface area contributed by atoms with Gasteiger partial charge in [-0.25, -0.2) is 9.78 Å². The summed E-state index contributed by atoms with van der Waals surface area (Å²) in [5.74, 6) is -0.209. The third kappa shape index (κ3) is 4.12. The molecule has 0 aliphatic carbocycles. The fourth-order valence-electron chi connectivity index (χ4n) is 3.28. The Bertz CT molecular complexity index is 1240. The lowest BCUT2D eigenvalue weighted by atomic mass is 10.2. The Morgan fingerprint density at radius 2 is 1.80 bits per heavy atom. The number of hydrogen-bond acceptors (Lipinski definition) is 6. The summed E-state index contributed by atoms with van der Waals surface area (Å²) in [6.45, 7) is 3.32. The van der Waals surface area contributed by atoms with E-state index in [1.807, 2.05) is 41.9 Å². The lowest BCUT2D eigenvalue weighted by Crippen LogP contribution is -2.32. The Balaban J connectivity index is 1.73. The fraction of sp³-hybridized carbons (Fsp3) is 0.238. The molecular weight excluding hydrogens is 420 g/mol. The Morgan fingerprint density at radius 3 is 2.37 bits per heavy atom. The third-order valence-electron chi connectivity index (χ3n) is 4.67. The van der Waals surface area contributed by atoms with E-state index < -0.39 is 11.2 Å². The summed E-state index contributed by atoms with van der Waals surface area (Å²) in [5, 5.41) is 4.20. The van der Waals surface area contributed by atoms with Crippen LogP contribution >= 0.6 is 22.7 Å². The number of hydrogen-bond donors (Lipinski definition) is 1. The van der Waals surface area contributed by atoms with Crippen LogP contribution in [0.5, 0.6) is 0 Å². The van der Waals surface area contributed by atoms with E-state index in [1.165, 1.54) is 16.8 Å². The molecule has 0 bridgehead atoms. The number of H-pyrrole nitrogens is 1. The van der Waals surface area contributed by atoms with E-state index in [1.54, 1.807) is 27.6 Å². The van der Waals surface area contributed by atoms with Crippen molar-refractivity contribution in [1.82, 2.24) is 19.4 Å². The topological polar surface area (TPSA) is 88.1 Å². The van der Waals surface area contributed by atoms with Gasteiger partial charge in [-0.2, -0.15) is 0 Å². The second-order valence-corrected chi connectivity index (χ2v) is 8.89. The van der Waals surface area contributed by atoms with E-state index in [0.717, 1.165) is 16.2 Å². The van der Waals surface area contributed by atoms with Gasteiger partial charge in [0, 0.05) is 22.5 Å². The van der Waals surface area contributed by atoms with Gasteiger partial charge in [0.2, 0.25) is 0 Å². The van der Waals surface area contributed by atoms with Crippen molar-refractivity contribution in [1.29, 1.82) is 0 Å². The minimum Gasteiger partial charge on any atom is -0.328 e. The van der Waals surface area contributed by atoms with E-state index in [2.05, 4.69) is 9.97 Å². The van der Waals surface area contributed by atoms with E-state index >= 15 is 0 Å². The van der Waals surface area contributed by atoms with Crippen LogP contribution in [0.3, 0.4) is 0 Å². The second-order valence-electron chi connectivity index (χ2n) is 6.83. The van der Waals surface area contributed by atoms with Crippen LogP contribution in [0.1, 0.15) is 33.5 Å². The predicted molar refractivity (Wildman–Crippen MR) is 119 cm³/mol. The number of nitrogens with one attached hydrogen (secondary N) is 1. The van der Waals surface area contributed by atoms with Gasteiger partial charge in [-0.1, -0.05) is 19.1 Å². The molecule has 4 aromatic rings. The Morgan fingerprint density at radius 1 is 1.13 bits per heavy atom. The van der Waals surface area contributed by atoms with Gasteiger partial charge >= 0.3 is 5.69 Å². The van der Waals surface area contributed by atoms with E-state index in [0.29, 0.717) is 30.8 Å². The third-order valence-corrected chi connectivity index (χ3v) is 6.39. The summed E-state index contributed by atoms with van der Waals surface area (Å²) in [7, 11) is 0. The van der Waals surface area contributed by atoms with Crippen LogP contribution in [0.2, 0.25) is 0 Å². The molecule has 1 amide bonds. The van der Waals surface area contributed by atoms with Gasteiger partial charge < -0.3 is 4.90 Å². The van der Waals surface area contributed by atoms with E-state index in [4.69, 9.17) is 0 Å². The molecule has 30 heavy (non-hydrogen) atoms. The van der Waals surface area contributed by atoms with Gasteiger partial charge in [-0.15, -0.1) is 22.7 Å². The van der Waals surface area contributed by atoms with Crippen LogP contribution in [0.25, 0.3) is 11.0 Å². The zero-order chi connectivity index (χ0) is 21.1. The molecule has 4 rings (SSSR count). The molecule has 0 unspecified atom stereocenters. The molecule has 1 N–H and O–H groups in total. The average molecular weight is 441 g/mol. The number of carbonyl (C=O) groups excluding carboxylic acids is 1. The summed E-state index contributed by atoms with van der Waals surface area (Å²) in [4.78, 5) is 48.4. The normalized spacial score (nSPS) is 11.1. The van der Waals surface area contributed by atoms with Crippen molar-refractivity contribution >= 4 is 39.6 Å². The van der Waals surface area contributed by atoms with Crippen LogP contribution in [0.15, 0.2) is 56.9 Å². The number of aromatic nitrogens is 3. The standard InChI is InChI=1S/C21H20N4O3S2/c1-2-7-25-18-17(19(26)23-21(25)28)10-14(11-22-18)20(27)24(12-15-5-3-8-29-15)13-16-6-4-9-30-16/h3-6,8-11H,2,7,12-13H2,1H3,(H,23,26,28). The number of rotatable bonds is 7.